The van der Waals surface area contributed by atoms with E-state index in [1.807, 2.05) is 60.1 Å². The van der Waals surface area contributed by atoms with Gasteiger partial charge >= 0.3 is 0 Å². The first-order chi connectivity index (χ1) is 12.6. The maximum atomic E-state index is 12.3. The monoisotopic (exact) mass is 365 g/mol. The van der Waals surface area contributed by atoms with Gasteiger partial charge in [-0.25, -0.2) is 0 Å². The van der Waals surface area contributed by atoms with Gasteiger partial charge in [0.05, 0.1) is 10.2 Å². The summed E-state index contributed by atoms with van der Waals surface area (Å²) in [6.07, 6.45) is 1.46. The molecule has 1 unspecified atom stereocenters. The number of carbonyl (C=O) groups excluding carboxylic acids is 2. The zero-order valence-electron chi connectivity index (χ0n) is 14.4. The van der Waals surface area contributed by atoms with Crippen molar-refractivity contribution in [2.24, 2.45) is 18.0 Å². The van der Waals surface area contributed by atoms with Gasteiger partial charge in [-0.2, -0.15) is 4.99 Å². The summed E-state index contributed by atoms with van der Waals surface area (Å²) in [6, 6.07) is 15.8. The molecule has 5 nitrogen and oxygen atoms in total. The van der Waals surface area contributed by atoms with Gasteiger partial charge in [-0.05, 0) is 36.6 Å². The summed E-state index contributed by atoms with van der Waals surface area (Å²) in [7, 11) is 1.91. The Labute approximate surface area is 155 Å². The average Bonchev–Trinajstić information content (AvgIpc) is 2.96. The van der Waals surface area contributed by atoms with E-state index in [1.165, 1.54) is 11.3 Å². The standard InChI is InChI=1S/C20H19N3O2S/c1-23-16-8-4-5-9-17(16)26-20(23)22-18(24)11-10-14-12-13-6-2-3-7-15(13)21-19(14)25/h2-9,14H,10-12H2,1H3,(H,21,25). The van der Waals surface area contributed by atoms with Crippen LogP contribution >= 0.6 is 11.3 Å². The average molecular weight is 365 g/mol. The van der Waals surface area contributed by atoms with Gasteiger partial charge < -0.3 is 9.88 Å². The highest BCUT2D eigenvalue weighted by Crippen LogP contribution is 2.27. The van der Waals surface area contributed by atoms with Gasteiger partial charge in [0, 0.05) is 25.1 Å². The highest BCUT2D eigenvalue weighted by atomic mass is 32.1. The Kier molecular flexibility index (Phi) is 4.42. The number of nitrogens with zero attached hydrogens (tertiary/aromatic N) is 2. The smallest absolute Gasteiger partial charge is 0.248 e. The molecule has 1 N–H and O–H groups in total. The highest BCUT2D eigenvalue weighted by Gasteiger charge is 2.26. The minimum atomic E-state index is -0.182. The van der Waals surface area contributed by atoms with Crippen LogP contribution in [-0.4, -0.2) is 16.4 Å². The zero-order chi connectivity index (χ0) is 18.1. The molecular formula is C20H19N3O2S. The molecule has 1 aliphatic rings. The van der Waals surface area contributed by atoms with E-state index in [0.29, 0.717) is 17.6 Å². The maximum absolute atomic E-state index is 12.3. The Morgan fingerprint density at radius 1 is 1.23 bits per heavy atom. The number of para-hydroxylation sites is 2. The molecule has 26 heavy (non-hydrogen) atoms. The van der Waals surface area contributed by atoms with Crippen molar-refractivity contribution < 1.29 is 9.59 Å². The third-order valence-corrected chi connectivity index (χ3v) is 5.87. The number of fused-ring (bicyclic) bond motifs is 2. The molecule has 0 aliphatic carbocycles. The lowest BCUT2D eigenvalue weighted by molar-refractivity contribution is -0.121. The predicted molar refractivity (Wildman–Crippen MR) is 103 cm³/mol. The molecule has 3 aromatic rings. The topological polar surface area (TPSA) is 63.5 Å². The van der Waals surface area contributed by atoms with Gasteiger partial charge in [0.2, 0.25) is 11.8 Å². The number of thiazole rings is 1. The van der Waals surface area contributed by atoms with Crippen LogP contribution in [0.15, 0.2) is 53.5 Å². The number of rotatable bonds is 3. The fourth-order valence-electron chi connectivity index (χ4n) is 3.29. The van der Waals surface area contributed by atoms with Gasteiger partial charge in [-0.1, -0.05) is 41.7 Å². The Morgan fingerprint density at radius 3 is 2.85 bits per heavy atom. The van der Waals surface area contributed by atoms with E-state index in [9.17, 15) is 9.59 Å². The lowest BCUT2D eigenvalue weighted by atomic mass is 9.90. The SMILES string of the molecule is Cn1c(=NC(=O)CCC2Cc3ccccc3NC2=O)sc2ccccc21. The van der Waals surface area contributed by atoms with Crippen molar-refractivity contribution in [3.05, 3.63) is 58.9 Å². The number of aromatic nitrogens is 1. The summed E-state index contributed by atoms with van der Waals surface area (Å²) in [5, 5.41) is 2.93. The van der Waals surface area contributed by atoms with Crippen LogP contribution in [0.2, 0.25) is 0 Å². The molecule has 1 atom stereocenters. The van der Waals surface area contributed by atoms with Gasteiger partial charge in [-0.15, -0.1) is 0 Å². The molecule has 2 heterocycles. The highest BCUT2D eigenvalue weighted by molar-refractivity contribution is 7.16. The van der Waals surface area contributed by atoms with Crippen molar-refractivity contribution in [2.45, 2.75) is 19.3 Å². The van der Waals surface area contributed by atoms with E-state index in [1.54, 1.807) is 0 Å². The van der Waals surface area contributed by atoms with Gasteiger partial charge in [0.15, 0.2) is 4.80 Å². The summed E-state index contributed by atoms with van der Waals surface area (Å²) in [5.74, 6) is -0.372. The molecule has 2 aromatic carbocycles. The number of anilines is 1. The quantitative estimate of drug-likeness (QED) is 0.774. The first kappa shape index (κ1) is 16.7. The van der Waals surface area contributed by atoms with Crippen LogP contribution in [0.25, 0.3) is 10.2 Å². The summed E-state index contributed by atoms with van der Waals surface area (Å²) in [4.78, 5) is 29.5. The zero-order valence-corrected chi connectivity index (χ0v) is 15.3. The number of amides is 2. The van der Waals surface area contributed by atoms with E-state index in [4.69, 9.17) is 0 Å². The molecule has 0 saturated heterocycles. The molecule has 0 bridgehead atoms. The Hall–Kier alpha value is -2.73. The van der Waals surface area contributed by atoms with Gasteiger partial charge in [0.25, 0.3) is 0 Å². The van der Waals surface area contributed by atoms with E-state index in [2.05, 4.69) is 10.3 Å². The minimum absolute atomic E-state index is 0.0103. The van der Waals surface area contributed by atoms with Crippen molar-refractivity contribution in [3.63, 3.8) is 0 Å². The molecule has 1 aliphatic heterocycles. The van der Waals surface area contributed by atoms with Crippen LogP contribution in [0.4, 0.5) is 5.69 Å². The second-order valence-electron chi connectivity index (χ2n) is 6.50. The third-order valence-electron chi connectivity index (χ3n) is 4.75. The second-order valence-corrected chi connectivity index (χ2v) is 7.51. The molecule has 132 valence electrons. The molecular weight excluding hydrogens is 346 g/mol. The van der Waals surface area contributed by atoms with Gasteiger partial charge in [0.1, 0.15) is 0 Å². The van der Waals surface area contributed by atoms with E-state index in [0.717, 1.165) is 21.5 Å². The number of aryl methyl sites for hydroxylation is 1. The molecule has 0 spiro atoms. The molecule has 1 aromatic heterocycles. The van der Waals surface area contributed by atoms with E-state index >= 15 is 0 Å². The lowest BCUT2D eigenvalue weighted by Crippen LogP contribution is -2.30. The van der Waals surface area contributed by atoms with Crippen molar-refractivity contribution in [1.82, 2.24) is 4.57 Å². The summed E-state index contributed by atoms with van der Waals surface area (Å²) < 4.78 is 3.03. The van der Waals surface area contributed by atoms with Crippen LogP contribution < -0.4 is 10.1 Å². The van der Waals surface area contributed by atoms with Crippen LogP contribution in [0.5, 0.6) is 0 Å². The number of nitrogens with one attached hydrogen (secondary N) is 1. The van der Waals surface area contributed by atoms with Crippen molar-refractivity contribution in [1.29, 1.82) is 0 Å². The summed E-state index contributed by atoms with van der Waals surface area (Å²) in [5.41, 5.74) is 3.06. The molecule has 0 saturated carbocycles. The first-order valence-corrected chi connectivity index (χ1v) is 9.44. The van der Waals surface area contributed by atoms with Crippen LogP contribution in [0, 0.1) is 5.92 Å². The number of hydrogen-bond acceptors (Lipinski definition) is 3. The largest absolute Gasteiger partial charge is 0.326 e. The number of hydrogen-bond donors (Lipinski definition) is 1. The lowest BCUT2D eigenvalue weighted by Gasteiger charge is -2.24. The van der Waals surface area contributed by atoms with Crippen LogP contribution in [0.1, 0.15) is 18.4 Å². The Balaban J connectivity index is 1.47. The fourth-order valence-corrected chi connectivity index (χ4v) is 4.33. The molecule has 0 radical (unpaired) electrons. The third kappa shape index (κ3) is 3.20. The van der Waals surface area contributed by atoms with Crippen LogP contribution in [0.3, 0.4) is 0 Å². The molecule has 6 heteroatoms. The summed E-state index contributed by atoms with van der Waals surface area (Å²) in [6.45, 7) is 0. The van der Waals surface area contributed by atoms with Crippen molar-refractivity contribution in [2.75, 3.05) is 5.32 Å². The predicted octanol–water partition coefficient (Wildman–Crippen LogP) is 3.26. The second kappa shape index (κ2) is 6.88. The summed E-state index contributed by atoms with van der Waals surface area (Å²) >= 11 is 1.50. The van der Waals surface area contributed by atoms with Crippen LogP contribution in [-0.2, 0) is 23.1 Å². The Morgan fingerprint density at radius 2 is 2.00 bits per heavy atom. The van der Waals surface area contributed by atoms with E-state index < -0.39 is 0 Å². The van der Waals surface area contributed by atoms with Crippen molar-refractivity contribution >= 4 is 39.1 Å². The van der Waals surface area contributed by atoms with Gasteiger partial charge in [-0.3, -0.25) is 9.59 Å². The van der Waals surface area contributed by atoms with E-state index in [-0.39, 0.29) is 24.2 Å². The maximum Gasteiger partial charge on any atom is 0.248 e. The number of benzene rings is 2. The molecule has 2 amide bonds. The Bertz CT molecular complexity index is 1060. The number of carbonyl (C=O) groups is 2. The molecule has 4 rings (SSSR count). The fraction of sp³-hybridized carbons (Fsp3) is 0.250. The molecule has 0 fully saturated rings. The minimum Gasteiger partial charge on any atom is -0.326 e. The first-order valence-electron chi connectivity index (χ1n) is 8.63. The normalized spacial score (nSPS) is 17.2. The van der Waals surface area contributed by atoms with Crippen molar-refractivity contribution in [3.8, 4) is 0 Å².